The topological polar surface area (TPSA) is 40.8 Å². The average Bonchev–Trinajstić information content (AvgIpc) is 3.34. The average molecular weight is 360 g/mol. The summed E-state index contributed by atoms with van der Waals surface area (Å²) in [5, 5.41) is 5.78. The highest BCUT2D eigenvalue weighted by molar-refractivity contribution is 6.15. The first-order valence-corrected chi connectivity index (χ1v) is 9.24. The molecule has 5 nitrogen and oxygen atoms in total. The molecule has 3 heterocycles. The van der Waals surface area contributed by atoms with E-state index in [1.165, 1.54) is 21.7 Å². The molecule has 0 aliphatic carbocycles. The van der Waals surface area contributed by atoms with Crippen LogP contribution in [0.4, 0.5) is 0 Å². The van der Waals surface area contributed by atoms with Gasteiger partial charge in [-0.2, -0.15) is 4.57 Å². The van der Waals surface area contributed by atoms with Crippen LogP contribution in [-0.2, 0) is 6.54 Å². The fourth-order valence-electron chi connectivity index (χ4n) is 4.22. The van der Waals surface area contributed by atoms with Crippen LogP contribution in [0.3, 0.4) is 0 Å². The highest BCUT2D eigenvalue weighted by atomic mass is 16.7. The van der Waals surface area contributed by atoms with Crippen LogP contribution >= 0.6 is 0 Å². The van der Waals surface area contributed by atoms with Crippen molar-refractivity contribution in [2.24, 2.45) is 0 Å². The van der Waals surface area contributed by atoms with E-state index in [0.29, 0.717) is 0 Å². The first-order valence-electron chi connectivity index (χ1n) is 9.24. The molecule has 6 rings (SSSR count). The first-order chi connectivity index (χ1) is 13.3. The van der Waals surface area contributed by atoms with Crippen molar-refractivity contribution in [2.45, 2.75) is 19.9 Å². The van der Waals surface area contributed by atoms with Gasteiger partial charge in [-0.1, -0.05) is 13.0 Å². The second kappa shape index (κ2) is 5.39. The number of pyridine rings is 1. The maximum atomic E-state index is 5.77. The zero-order valence-corrected chi connectivity index (χ0v) is 15.0. The van der Waals surface area contributed by atoms with Gasteiger partial charge < -0.3 is 18.9 Å². The Morgan fingerprint density at radius 1 is 0.778 bits per heavy atom. The lowest BCUT2D eigenvalue weighted by atomic mass is 10.00. The second-order valence-electron chi connectivity index (χ2n) is 6.97. The molecule has 5 heteroatoms. The third kappa shape index (κ3) is 2.02. The summed E-state index contributed by atoms with van der Waals surface area (Å²) in [6.07, 6.45) is 3.23. The Balaban J connectivity index is 1.78. The van der Waals surface area contributed by atoms with Crippen LogP contribution in [0.15, 0.2) is 42.6 Å². The van der Waals surface area contributed by atoms with Gasteiger partial charge in [0.05, 0.1) is 16.2 Å². The van der Waals surface area contributed by atoms with Crippen molar-refractivity contribution in [3.8, 4) is 23.0 Å². The van der Waals surface area contributed by atoms with Gasteiger partial charge in [-0.3, -0.25) is 0 Å². The number of hydrogen-bond acceptors (Lipinski definition) is 4. The van der Waals surface area contributed by atoms with Gasteiger partial charge in [0, 0.05) is 11.8 Å². The molecule has 0 saturated heterocycles. The molecule has 1 aromatic heterocycles. The normalized spacial score (nSPS) is 14.6. The molecule has 0 fully saturated rings. The van der Waals surface area contributed by atoms with Crippen molar-refractivity contribution in [3.05, 3.63) is 42.6 Å². The van der Waals surface area contributed by atoms with Crippen molar-refractivity contribution in [2.75, 3.05) is 13.6 Å². The zero-order chi connectivity index (χ0) is 18.0. The quantitative estimate of drug-likeness (QED) is 0.395. The van der Waals surface area contributed by atoms with Gasteiger partial charge in [0.25, 0.3) is 0 Å². The van der Waals surface area contributed by atoms with E-state index in [1.807, 2.05) is 6.07 Å². The monoisotopic (exact) mass is 360 g/mol. The summed E-state index contributed by atoms with van der Waals surface area (Å²) < 4.78 is 24.9. The summed E-state index contributed by atoms with van der Waals surface area (Å²) >= 11 is 0. The van der Waals surface area contributed by atoms with Crippen LogP contribution in [0.1, 0.15) is 13.3 Å². The number of fused-ring (bicyclic) bond motifs is 8. The van der Waals surface area contributed by atoms with Gasteiger partial charge in [0.2, 0.25) is 19.1 Å². The molecule has 2 aliphatic heterocycles. The fraction of sp³-hybridized carbons (Fsp3) is 0.227. The predicted molar refractivity (Wildman–Crippen MR) is 102 cm³/mol. The Bertz CT molecular complexity index is 1250. The molecule has 0 amide bonds. The molecule has 27 heavy (non-hydrogen) atoms. The van der Waals surface area contributed by atoms with E-state index >= 15 is 0 Å². The van der Waals surface area contributed by atoms with Crippen molar-refractivity contribution in [1.82, 2.24) is 0 Å². The van der Waals surface area contributed by atoms with Crippen molar-refractivity contribution in [3.63, 3.8) is 0 Å². The van der Waals surface area contributed by atoms with Crippen LogP contribution in [0.5, 0.6) is 23.0 Å². The Morgan fingerprint density at radius 3 is 2.44 bits per heavy atom. The second-order valence-corrected chi connectivity index (χ2v) is 6.97. The van der Waals surface area contributed by atoms with Gasteiger partial charge in [-0.15, -0.1) is 0 Å². The van der Waals surface area contributed by atoms with Crippen molar-refractivity contribution in [1.29, 1.82) is 0 Å². The number of ether oxygens (including phenoxy) is 4. The minimum absolute atomic E-state index is 0.279. The number of hydrogen-bond donors (Lipinski definition) is 0. The molecule has 2 aliphatic rings. The Hall–Kier alpha value is -3.21. The number of aryl methyl sites for hydroxylation is 1. The number of aromatic nitrogens is 1. The summed E-state index contributed by atoms with van der Waals surface area (Å²) in [6, 6.07) is 12.6. The lowest BCUT2D eigenvalue weighted by Gasteiger charge is -2.10. The van der Waals surface area contributed by atoms with Crippen LogP contribution in [-0.4, -0.2) is 13.6 Å². The van der Waals surface area contributed by atoms with Gasteiger partial charge in [0.1, 0.15) is 6.54 Å². The van der Waals surface area contributed by atoms with Crippen LogP contribution in [0.2, 0.25) is 0 Å². The molecule has 0 spiro atoms. The fourth-order valence-corrected chi connectivity index (χ4v) is 4.22. The van der Waals surface area contributed by atoms with Crippen molar-refractivity contribution < 1.29 is 23.5 Å². The standard InChI is InChI=1S/C22H18NO4/c1-2-7-23-10-17-14(5-6-18-22(17)27-12-24-18)15-4-3-13-8-19-20(26-11-25-19)9-16(13)21(15)23/h3-6,8-10H,2,7,11-12H2,1H3/q+1. The number of benzene rings is 3. The molecule has 0 bridgehead atoms. The highest BCUT2D eigenvalue weighted by Gasteiger charge is 2.25. The van der Waals surface area contributed by atoms with Gasteiger partial charge in [-0.25, -0.2) is 0 Å². The molecule has 0 atom stereocenters. The van der Waals surface area contributed by atoms with Gasteiger partial charge in [0.15, 0.2) is 29.2 Å². The summed E-state index contributed by atoms with van der Waals surface area (Å²) in [5.74, 6) is 3.27. The molecule has 0 radical (unpaired) electrons. The summed E-state index contributed by atoms with van der Waals surface area (Å²) in [7, 11) is 0. The summed E-state index contributed by atoms with van der Waals surface area (Å²) in [6.45, 7) is 3.68. The third-order valence-electron chi connectivity index (χ3n) is 5.39. The predicted octanol–water partition coefficient (Wildman–Crippen LogP) is 4.30. The Kier molecular flexibility index (Phi) is 2.98. The maximum Gasteiger partial charge on any atom is 0.231 e. The van der Waals surface area contributed by atoms with E-state index in [1.54, 1.807) is 0 Å². The molecule has 3 aromatic carbocycles. The molecule has 0 unspecified atom stereocenters. The molecule has 4 aromatic rings. The first kappa shape index (κ1) is 14.9. The smallest absolute Gasteiger partial charge is 0.231 e. The van der Waals surface area contributed by atoms with Crippen LogP contribution in [0.25, 0.3) is 32.4 Å². The summed E-state index contributed by atoms with van der Waals surface area (Å²) in [4.78, 5) is 0. The van der Waals surface area contributed by atoms with Gasteiger partial charge >= 0.3 is 0 Å². The lowest BCUT2D eigenvalue weighted by molar-refractivity contribution is -0.669. The Labute approximate surface area is 155 Å². The van der Waals surface area contributed by atoms with E-state index in [9.17, 15) is 0 Å². The third-order valence-corrected chi connectivity index (χ3v) is 5.39. The van der Waals surface area contributed by atoms with Crippen molar-refractivity contribution >= 4 is 32.4 Å². The minimum Gasteiger partial charge on any atom is -0.454 e. The molecule has 0 N–H and O–H groups in total. The zero-order valence-electron chi connectivity index (χ0n) is 15.0. The van der Waals surface area contributed by atoms with E-state index < -0.39 is 0 Å². The van der Waals surface area contributed by atoms with Gasteiger partial charge in [-0.05, 0) is 35.7 Å². The maximum absolute atomic E-state index is 5.77. The van der Waals surface area contributed by atoms with Crippen LogP contribution < -0.4 is 23.5 Å². The summed E-state index contributed by atoms with van der Waals surface area (Å²) in [5.41, 5.74) is 1.21. The van der Waals surface area contributed by atoms with E-state index in [4.69, 9.17) is 18.9 Å². The number of nitrogens with zero attached hydrogens (tertiary/aromatic N) is 1. The number of rotatable bonds is 2. The molecular formula is C22H18NO4+. The molecule has 134 valence electrons. The SMILES string of the molecule is CCC[n+]1cc2c3c(ccc2c2ccc4cc5c(cc4c21)OCO5)OCO3. The lowest BCUT2D eigenvalue weighted by Crippen LogP contribution is -2.34. The highest BCUT2D eigenvalue weighted by Crippen LogP contribution is 2.43. The van der Waals surface area contributed by atoms with E-state index in [0.717, 1.165) is 46.7 Å². The Morgan fingerprint density at radius 2 is 1.56 bits per heavy atom. The molecule has 0 saturated carbocycles. The van der Waals surface area contributed by atoms with E-state index in [2.05, 4.69) is 48.0 Å². The minimum atomic E-state index is 0.279. The largest absolute Gasteiger partial charge is 0.454 e. The van der Waals surface area contributed by atoms with Crippen LogP contribution in [0, 0.1) is 0 Å². The van der Waals surface area contributed by atoms with E-state index in [-0.39, 0.29) is 13.6 Å². The molecular weight excluding hydrogens is 342 g/mol.